The second-order valence-electron chi connectivity index (χ2n) is 5.67. The SMILES string of the molecule is CCCCCCCCCCCCCC(N=C=O)(N=C=O)N=C=O. The predicted octanol–water partition coefficient (Wildman–Crippen LogP) is 4.35. The summed E-state index contributed by atoms with van der Waals surface area (Å²) >= 11 is 0. The van der Waals surface area contributed by atoms with Crippen molar-refractivity contribution in [2.45, 2.75) is 89.8 Å². The van der Waals surface area contributed by atoms with E-state index in [1.807, 2.05) is 0 Å². The number of hydrogen-bond acceptors (Lipinski definition) is 6. The Bertz CT molecular complexity index is 400. The van der Waals surface area contributed by atoms with Gasteiger partial charge in [0.25, 0.3) is 5.79 Å². The van der Waals surface area contributed by atoms with Crippen LogP contribution in [0.25, 0.3) is 0 Å². The van der Waals surface area contributed by atoms with E-state index in [9.17, 15) is 14.4 Å². The van der Waals surface area contributed by atoms with Gasteiger partial charge in [-0.25, -0.2) is 14.4 Å². The molecule has 0 radical (unpaired) electrons. The molecule has 0 atom stereocenters. The van der Waals surface area contributed by atoms with E-state index in [4.69, 9.17) is 0 Å². The molecule has 0 saturated heterocycles. The highest BCUT2D eigenvalue weighted by atomic mass is 16.1. The second kappa shape index (κ2) is 15.1. The topological polar surface area (TPSA) is 88.3 Å². The van der Waals surface area contributed by atoms with Crippen LogP contribution in [0.4, 0.5) is 0 Å². The van der Waals surface area contributed by atoms with Crippen molar-refractivity contribution in [3.8, 4) is 0 Å². The minimum absolute atomic E-state index is 0.212. The Morgan fingerprint density at radius 2 is 0.957 bits per heavy atom. The number of unbranched alkanes of at least 4 members (excludes halogenated alkanes) is 10. The van der Waals surface area contributed by atoms with Gasteiger partial charge in [-0.2, -0.15) is 15.0 Å². The highest BCUT2D eigenvalue weighted by molar-refractivity contribution is 5.42. The first-order chi connectivity index (χ1) is 11.2. The number of carbonyl (C=O) groups excluding carboxylic acids is 3. The molecule has 0 bridgehead atoms. The van der Waals surface area contributed by atoms with Crippen LogP contribution in [0, 0.1) is 0 Å². The molecule has 0 N–H and O–H groups in total. The maximum Gasteiger partial charge on any atom is 0.277 e. The second-order valence-corrected chi connectivity index (χ2v) is 5.67. The highest BCUT2D eigenvalue weighted by Crippen LogP contribution is 2.22. The maximum atomic E-state index is 10.4. The Labute approximate surface area is 138 Å². The summed E-state index contributed by atoms with van der Waals surface area (Å²) in [6.45, 7) is 2.22. The van der Waals surface area contributed by atoms with E-state index in [1.54, 1.807) is 0 Å². The largest absolute Gasteiger partial charge is 0.277 e. The summed E-state index contributed by atoms with van der Waals surface area (Å²) in [7, 11) is 0. The third kappa shape index (κ3) is 11.4. The van der Waals surface area contributed by atoms with Gasteiger partial charge < -0.3 is 0 Å². The molecular weight excluding hydrogens is 294 g/mol. The third-order valence-corrected chi connectivity index (χ3v) is 3.79. The maximum absolute atomic E-state index is 10.4. The van der Waals surface area contributed by atoms with Gasteiger partial charge >= 0.3 is 0 Å². The molecule has 0 aliphatic rings. The van der Waals surface area contributed by atoms with E-state index in [2.05, 4.69) is 21.9 Å². The first-order valence-electron chi connectivity index (χ1n) is 8.51. The lowest BCUT2D eigenvalue weighted by atomic mass is 10.0. The zero-order valence-electron chi connectivity index (χ0n) is 14.1. The van der Waals surface area contributed by atoms with Crippen molar-refractivity contribution in [2.24, 2.45) is 15.0 Å². The van der Waals surface area contributed by atoms with Crippen LogP contribution < -0.4 is 0 Å². The Morgan fingerprint density at radius 3 is 1.30 bits per heavy atom. The van der Waals surface area contributed by atoms with Crippen LogP contribution in [0.1, 0.15) is 84.0 Å². The van der Waals surface area contributed by atoms with Crippen LogP contribution in [0.3, 0.4) is 0 Å². The van der Waals surface area contributed by atoms with Crippen molar-refractivity contribution < 1.29 is 14.4 Å². The number of rotatable bonds is 15. The average molecular weight is 321 g/mol. The molecule has 0 amide bonds. The Kier molecular flexibility index (Phi) is 13.8. The summed E-state index contributed by atoms with van der Waals surface area (Å²) in [5.41, 5.74) is 0. The molecule has 0 spiro atoms. The summed E-state index contributed by atoms with van der Waals surface area (Å²) < 4.78 is 0. The van der Waals surface area contributed by atoms with Crippen molar-refractivity contribution in [1.82, 2.24) is 0 Å². The van der Waals surface area contributed by atoms with Crippen LogP contribution in [-0.4, -0.2) is 24.0 Å². The van der Waals surface area contributed by atoms with Crippen LogP contribution in [0.5, 0.6) is 0 Å². The summed E-state index contributed by atoms with van der Waals surface area (Å²) in [6.07, 6.45) is 17.0. The van der Waals surface area contributed by atoms with E-state index in [0.717, 1.165) is 19.3 Å². The van der Waals surface area contributed by atoms with Crippen LogP contribution >= 0.6 is 0 Å². The molecule has 0 aromatic heterocycles. The molecule has 6 nitrogen and oxygen atoms in total. The van der Waals surface area contributed by atoms with Crippen LogP contribution in [0.15, 0.2) is 15.0 Å². The zero-order valence-corrected chi connectivity index (χ0v) is 14.1. The number of hydrogen-bond donors (Lipinski definition) is 0. The fourth-order valence-corrected chi connectivity index (χ4v) is 2.49. The van der Waals surface area contributed by atoms with Crippen molar-refractivity contribution in [1.29, 1.82) is 0 Å². The van der Waals surface area contributed by atoms with Gasteiger partial charge in [0.05, 0.1) is 0 Å². The van der Waals surface area contributed by atoms with Crippen molar-refractivity contribution in [3.63, 3.8) is 0 Å². The minimum atomic E-state index is -1.70. The third-order valence-electron chi connectivity index (χ3n) is 3.79. The zero-order chi connectivity index (χ0) is 17.2. The molecule has 0 unspecified atom stereocenters. The molecule has 0 aliphatic heterocycles. The first-order valence-corrected chi connectivity index (χ1v) is 8.51. The Morgan fingerprint density at radius 1 is 0.609 bits per heavy atom. The van der Waals surface area contributed by atoms with Gasteiger partial charge in [-0.15, -0.1) is 0 Å². The lowest BCUT2D eigenvalue weighted by molar-refractivity contribution is 0.398. The Hall–Kier alpha value is -1.86. The lowest BCUT2D eigenvalue weighted by Crippen LogP contribution is -2.20. The monoisotopic (exact) mass is 321 g/mol. The molecule has 0 fully saturated rings. The van der Waals surface area contributed by atoms with Gasteiger partial charge in [-0.1, -0.05) is 71.1 Å². The lowest BCUT2D eigenvalue weighted by Gasteiger charge is -2.14. The predicted molar refractivity (Wildman–Crippen MR) is 88.2 cm³/mol. The quantitative estimate of drug-likeness (QED) is 0.255. The van der Waals surface area contributed by atoms with E-state index in [1.165, 1.54) is 63.2 Å². The fourth-order valence-electron chi connectivity index (χ4n) is 2.49. The van der Waals surface area contributed by atoms with E-state index in [0.29, 0.717) is 6.42 Å². The fraction of sp³-hybridized carbons (Fsp3) is 0.824. The number of nitrogens with zero attached hydrogens (tertiary/aromatic N) is 3. The molecule has 0 aromatic carbocycles. The van der Waals surface area contributed by atoms with Crippen molar-refractivity contribution in [3.05, 3.63) is 0 Å². The molecule has 0 rings (SSSR count). The van der Waals surface area contributed by atoms with Gasteiger partial charge in [-0.3, -0.25) is 0 Å². The van der Waals surface area contributed by atoms with Gasteiger partial charge in [0.2, 0.25) is 18.2 Å². The van der Waals surface area contributed by atoms with Gasteiger partial charge in [-0.05, 0) is 6.42 Å². The number of aliphatic imine (C=N–C) groups is 3. The Balaban J connectivity index is 3.85. The van der Waals surface area contributed by atoms with Crippen LogP contribution in [-0.2, 0) is 14.4 Å². The molecule has 6 heteroatoms. The summed E-state index contributed by atoms with van der Waals surface area (Å²) in [4.78, 5) is 41.3. The number of isocyanates is 3. The average Bonchev–Trinajstić information content (AvgIpc) is 2.53. The standard InChI is InChI=1S/C17H27N3O3/c1-2-3-4-5-6-7-8-9-10-11-12-13-17(18-14-21,19-15-22)20-16-23/h2-13H2,1H3. The highest BCUT2D eigenvalue weighted by Gasteiger charge is 2.28. The molecule has 0 saturated carbocycles. The van der Waals surface area contributed by atoms with E-state index in [-0.39, 0.29) is 6.42 Å². The smallest absolute Gasteiger partial charge is 0.211 e. The summed E-state index contributed by atoms with van der Waals surface area (Å²) in [6, 6.07) is 0. The van der Waals surface area contributed by atoms with Gasteiger partial charge in [0.15, 0.2) is 0 Å². The van der Waals surface area contributed by atoms with Crippen LogP contribution in [0.2, 0.25) is 0 Å². The van der Waals surface area contributed by atoms with Gasteiger partial charge in [0, 0.05) is 6.42 Å². The molecule has 0 aliphatic carbocycles. The summed E-state index contributed by atoms with van der Waals surface area (Å²) in [5, 5.41) is 0. The molecular formula is C17H27N3O3. The van der Waals surface area contributed by atoms with E-state index >= 15 is 0 Å². The first kappa shape index (κ1) is 21.1. The van der Waals surface area contributed by atoms with Gasteiger partial charge in [0.1, 0.15) is 0 Å². The molecule has 0 heterocycles. The van der Waals surface area contributed by atoms with Crippen molar-refractivity contribution in [2.75, 3.05) is 0 Å². The van der Waals surface area contributed by atoms with Crippen molar-refractivity contribution >= 4 is 18.2 Å². The minimum Gasteiger partial charge on any atom is -0.211 e. The molecule has 23 heavy (non-hydrogen) atoms. The summed E-state index contributed by atoms with van der Waals surface area (Å²) in [5.74, 6) is -1.70. The van der Waals surface area contributed by atoms with E-state index < -0.39 is 5.79 Å². The molecule has 0 aromatic rings. The molecule has 128 valence electrons. The normalized spacial score (nSPS) is 12.4.